The number of nitrogens with two attached hydrogens (primary N) is 1. The van der Waals surface area contributed by atoms with Crippen molar-refractivity contribution in [2.75, 3.05) is 0 Å². The molecule has 0 fully saturated rings. The van der Waals surface area contributed by atoms with Crippen molar-refractivity contribution < 1.29 is 4.79 Å². The number of hydrogen-bond acceptors (Lipinski definition) is 1. The van der Waals surface area contributed by atoms with Crippen molar-refractivity contribution in [3.05, 3.63) is 12.2 Å². The van der Waals surface area contributed by atoms with E-state index in [4.69, 9.17) is 5.73 Å². The summed E-state index contributed by atoms with van der Waals surface area (Å²) in [6.07, 6.45) is 21.9. The normalized spacial score (nSPS) is 10.2. The minimum absolute atomic E-state index is 0. The summed E-state index contributed by atoms with van der Waals surface area (Å²) < 4.78 is 0. The van der Waals surface area contributed by atoms with E-state index in [1.54, 1.807) is 0 Å². The fourth-order valence-electron chi connectivity index (χ4n) is 2.37. The maximum atomic E-state index is 10.5. The Kier molecular flexibility index (Phi) is 29.7. The molecule has 0 radical (unpaired) electrons. The van der Waals surface area contributed by atoms with Crippen LogP contribution in [0, 0.1) is 0 Å². The molecule has 0 atom stereocenters. The summed E-state index contributed by atoms with van der Waals surface area (Å²) in [6.45, 7) is 2.26. The summed E-state index contributed by atoms with van der Waals surface area (Å²) in [7, 11) is 0. The molecule has 0 aromatic carbocycles. The molecule has 0 aliphatic carbocycles. The third-order valence-electron chi connectivity index (χ3n) is 3.68. The van der Waals surface area contributed by atoms with E-state index in [-0.39, 0.29) is 49.0 Å². The standard InChI is InChI=1S/C18H35NO.Na.H2S.H/c1-2-3-4-5-6-7-8-9-10-11-12-13-14-15-16-17-18(19)20;;;/h9-10H,2-8,11-17H2,1H3,(H2,19,20);;1H2;/b10-9-;;;. The van der Waals surface area contributed by atoms with Gasteiger partial charge in [0.05, 0.1) is 0 Å². The van der Waals surface area contributed by atoms with Crippen LogP contribution in [0.15, 0.2) is 12.2 Å². The monoisotopic (exact) mass is 339 g/mol. The Labute approximate surface area is 167 Å². The van der Waals surface area contributed by atoms with E-state index in [1.165, 1.54) is 70.6 Å². The zero-order valence-corrected chi connectivity index (χ0v) is 15.0. The number of carbonyl (C=O) groups is 1. The molecule has 0 saturated carbocycles. The number of allylic oxidation sites excluding steroid dienone is 2. The number of unbranched alkanes of at least 4 members (excludes halogenated alkanes) is 11. The summed E-state index contributed by atoms with van der Waals surface area (Å²) in [4.78, 5) is 10.5. The molecule has 128 valence electrons. The van der Waals surface area contributed by atoms with Gasteiger partial charge in [-0.1, -0.05) is 70.4 Å². The van der Waals surface area contributed by atoms with Crippen molar-refractivity contribution in [2.24, 2.45) is 5.73 Å². The van der Waals surface area contributed by atoms with E-state index >= 15 is 0 Å². The van der Waals surface area contributed by atoms with Crippen LogP contribution in [-0.4, -0.2) is 35.5 Å². The van der Waals surface area contributed by atoms with E-state index in [1.807, 2.05) is 0 Å². The van der Waals surface area contributed by atoms with E-state index in [0.29, 0.717) is 6.42 Å². The quantitative estimate of drug-likeness (QED) is 0.255. The van der Waals surface area contributed by atoms with Gasteiger partial charge in [-0.25, -0.2) is 0 Å². The van der Waals surface area contributed by atoms with Crippen LogP contribution in [0.4, 0.5) is 0 Å². The van der Waals surface area contributed by atoms with Gasteiger partial charge in [0.25, 0.3) is 0 Å². The first-order chi connectivity index (χ1) is 9.77. The first kappa shape index (κ1) is 27.4. The zero-order chi connectivity index (χ0) is 14.9. The van der Waals surface area contributed by atoms with E-state index in [0.717, 1.165) is 12.8 Å². The van der Waals surface area contributed by atoms with Crippen molar-refractivity contribution in [2.45, 2.75) is 96.8 Å². The molecule has 0 heterocycles. The van der Waals surface area contributed by atoms with Crippen molar-refractivity contribution >= 4 is 49.0 Å². The van der Waals surface area contributed by atoms with Crippen LogP contribution in [0.25, 0.3) is 0 Å². The fraction of sp³-hybridized carbons (Fsp3) is 0.833. The molecule has 0 saturated heterocycles. The molecule has 0 aliphatic heterocycles. The van der Waals surface area contributed by atoms with E-state index < -0.39 is 0 Å². The Hall–Kier alpha value is 0.560. The Morgan fingerprint density at radius 2 is 1.18 bits per heavy atom. The topological polar surface area (TPSA) is 43.1 Å². The molecule has 22 heavy (non-hydrogen) atoms. The minimum atomic E-state index is -0.164. The number of carbonyl (C=O) groups excluding carboxylic acids is 1. The van der Waals surface area contributed by atoms with E-state index in [2.05, 4.69) is 19.1 Å². The van der Waals surface area contributed by atoms with Crippen molar-refractivity contribution in [3.8, 4) is 0 Å². The van der Waals surface area contributed by atoms with Gasteiger partial charge < -0.3 is 5.73 Å². The molecular formula is C18H38NNaOS. The number of hydrogen-bond donors (Lipinski definition) is 1. The van der Waals surface area contributed by atoms with Crippen molar-refractivity contribution in [1.29, 1.82) is 0 Å². The fourth-order valence-corrected chi connectivity index (χ4v) is 2.37. The van der Waals surface area contributed by atoms with Crippen LogP contribution >= 0.6 is 13.5 Å². The second kappa shape index (κ2) is 23.8. The predicted octanol–water partition coefficient (Wildman–Crippen LogP) is 4.97. The van der Waals surface area contributed by atoms with Gasteiger partial charge >= 0.3 is 29.6 Å². The van der Waals surface area contributed by atoms with Crippen LogP contribution in [-0.2, 0) is 4.79 Å². The van der Waals surface area contributed by atoms with Gasteiger partial charge in [-0.3, -0.25) is 4.79 Å². The van der Waals surface area contributed by atoms with Crippen LogP contribution in [0.3, 0.4) is 0 Å². The average Bonchev–Trinajstić information content (AvgIpc) is 2.43. The third kappa shape index (κ3) is 25.5. The summed E-state index contributed by atoms with van der Waals surface area (Å²) >= 11 is 0. The third-order valence-corrected chi connectivity index (χ3v) is 3.68. The SMILES string of the molecule is CCCCCCCC/C=C\CCCCCCCC(N)=O.S.[NaH]. The summed E-state index contributed by atoms with van der Waals surface area (Å²) in [5, 5.41) is 0. The summed E-state index contributed by atoms with van der Waals surface area (Å²) in [5.74, 6) is -0.164. The second-order valence-electron chi connectivity index (χ2n) is 5.80. The van der Waals surface area contributed by atoms with Crippen LogP contribution in [0.2, 0.25) is 0 Å². The van der Waals surface area contributed by atoms with Gasteiger partial charge in [0.2, 0.25) is 5.91 Å². The van der Waals surface area contributed by atoms with Crippen LogP contribution < -0.4 is 5.73 Å². The molecule has 1 amide bonds. The molecule has 2 N–H and O–H groups in total. The average molecular weight is 340 g/mol. The predicted molar refractivity (Wildman–Crippen MR) is 106 cm³/mol. The Morgan fingerprint density at radius 3 is 1.64 bits per heavy atom. The zero-order valence-electron chi connectivity index (χ0n) is 14.0. The molecule has 0 aromatic rings. The first-order valence-electron chi connectivity index (χ1n) is 8.70. The van der Waals surface area contributed by atoms with Gasteiger partial charge in [0.1, 0.15) is 0 Å². The van der Waals surface area contributed by atoms with E-state index in [9.17, 15) is 4.79 Å². The maximum absolute atomic E-state index is 10.5. The van der Waals surface area contributed by atoms with Crippen LogP contribution in [0.1, 0.15) is 96.8 Å². The Balaban J connectivity index is -0.00000180. The van der Waals surface area contributed by atoms with Crippen molar-refractivity contribution in [1.82, 2.24) is 0 Å². The molecule has 0 unspecified atom stereocenters. The first-order valence-corrected chi connectivity index (χ1v) is 8.70. The summed E-state index contributed by atoms with van der Waals surface area (Å²) in [6, 6.07) is 0. The number of rotatable bonds is 15. The summed E-state index contributed by atoms with van der Waals surface area (Å²) in [5.41, 5.74) is 5.10. The Morgan fingerprint density at radius 1 is 0.773 bits per heavy atom. The van der Waals surface area contributed by atoms with Gasteiger partial charge in [-0.05, 0) is 32.1 Å². The van der Waals surface area contributed by atoms with Gasteiger partial charge in [0, 0.05) is 6.42 Å². The van der Waals surface area contributed by atoms with Crippen molar-refractivity contribution in [3.63, 3.8) is 0 Å². The van der Waals surface area contributed by atoms with Gasteiger partial charge in [-0.15, -0.1) is 0 Å². The molecule has 0 spiro atoms. The molecule has 0 bridgehead atoms. The molecule has 2 nitrogen and oxygen atoms in total. The molecule has 4 heteroatoms. The van der Waals surface area contributed by atoms with Crippen LogP contribution in [0.5, 0.6) is 0 Å². The molecule has 0 rings (SSSR count). The number of amides is 1. The van der Waals surface area contributed by atoms with Gasteiger partial charge in [0.15, 0.2) is 0 Å². The number of primary amides is 1. The molecule has 0 aromatic heterocycles. The molecular weight excluding hydrogens is 301 g/mol. The molecule has 0 aliphatic rings. The van der Waals surface area contributed by atoms with Gasteiger partial charge in [-0.2, -0.15) is 13.5 Å². The second-order valence-corrected chi connectivity index (χ2v) is 5.80. The Bertz CT molecular complexity index is 247.